The molecule has 3 amide bonds. The van der Waals surface area contributed by atoms with E-state index in [0.29, 0.717) is 26.1 Å². The Morgan fingerprint density at radius 1 is 0.923 bits per heavy atom. The summed E-state index contributed by atoms with van der Waals surface area (Å²) >= 11 is 0. The van der Waals surface area contributed by atoms with E-state index in [1.165, 1.54) is 0 Å². The fraction of sp³-hybridized carbons (Fsp3) is 0.500. The number of ether oxygens (including phenoxy) is 1. The third-order valence-electron chi connectivity index (χ3n) is 7.26. The summed E-state index contributed by atoms with van der Waals surface area (Å²) in [4.78, 5) is 39.9. The van der Waals surface area contributed by atoms with Crippen molar-refractivity contribution >= 4 is 17.7 Å². The van der Waals surface area contributed by atoms with Gasteiger partial charge in [0, 0.05) is 13.1 Å². The normalized spacial score (nSPS) is 23.9. The third kappa shape index (κ3) is 8.20. The maximum Gasteiger partial charge on any atom is 0.243 e. The number of phenols is 1. The Labute approximate surface area is 230 Å². The topological polar surface area (TPSA) is 129 Å². The average molecular weight is 537 g/mol. The molecule has 0 unspecified atom stereocenters. The van der Waals surface area contributed by atoms with E-state index in [1.807, 2.05) is 38.1 Å². The number of phenolic OH excluding ortho intramolecular Hbond substituents is 1. The van der Waals surface area contributed by atoms with Crippen molar-refractivity contribution in [2.75, 3.05) is 19.7 Å². The van der Waals surface area contributed by atoms with Gasteiger partial charge in [-0.15, -0.1) is 0 Å². The quantitative estimate of drug-likeness (QED) is 0.407. The molecule has 0 saturated heterocycles. The zero-order valence-electron chi connectivity index (χ0n) is 22.7. The molecule has 0 radical (unpaired) electrons. The Morgan fingerprint density at radius 2 is 1.67 bits per heavy atom. The maximum absolute atomic E-state index is 13.5. The molecule has 210 valence electrons. The molecule has 0 aromatic heterocycles. The Bertz CT molecular complexity index is 1130. The van der Waals surface area contributed by atoms with Crippen LogP contribution in [0.25, 0.3) is 0 Å². The lowest BCUT2D eigenvalue weighted by molar-refractivity contribution is -0.133. The molecule has 3 atom stereocenters. The maximum atomic E-state index is 13.5. The van der Waals surface area contributed by atoms with E-state index in [2.05, 4.69) is 21.3 Å². The predicted molar refractivity (Wildman–Crippen MR) is 148 cm³/mol. The van der Waals surface area contributed by atoms with Crippen molar-refractivity contribution in [2.45, 2.75) is 64.1 Å². The van der Waals surface area contributed by atoms with Crippen LogP contribution < -0.4 is 26.0 Å². The Kier molecular flexibility index (Phi) is 9.81. The van der Waals surface area contributed by atoms with Crippen LogP contribution in [0.2, 0.25) is 0 Å². The van der Waals surface area contributed by atoms with E-state index in [9.17, 15) is 19.5 Å². The molecule has 0 spiro atoms. The predicted octanol–water partition coefficient (Wildman–Crippen LogP) is 2.07. The molecule has 2 aromatic rings. The Hall–Kier alpha value is -3.59. The molecule has 9 nitrogen and oxygen atoms in total. The molecular formula is C30H40N4O5. The van der Waals surface area contributed by atoms with Gasteiger partial charge in [-0.1, -0.05) is 44.2 Å². The van der Waals surface area contributed by atoms with E-state index < -0.39 is 18.1 Å². The van der Waals surface area contributed by atoms with E-state index >= 15 is 0 Å². The summed E-state index contributed by atoms with van der Waals surface area (Å²) in [6.45, 7) is 5.01. The molecule has 9 heteroatoms. The van der Waals surface area contributed by atoms with Gasteiger partial charge in [-0.05, 0) is 73.3 Å². The third-order valence-corrected chi connectivity index (χ3v) is 7.26. The summed E-state index contributed by atoms with van der Waals surface area (Å²) in [5, 5.41) is 21.8. The largest absolute Gasteiger partial charge is 0.508 e. The van der Waals surface area contributed by atoms with Gasteiger partial charge < -0.3 is 31.1 Å². The summed E-state index contributed by atoms with van der Waals surface area (Å²) in [6.07, 6.45) is 3.63. The van der Waals surface area contributed by atoms with Gasteiger partial charge in [0.05, 0.1) is 6.04 Å². The molecule has 2 aliphatic rings. The molecule has 1 aliphatic carbocycles. The summed E-state index contributed by atoms with van der Waals surface area (Å²) in [7, 11) is 0. The fourth-order valence-electron chi connectivity index (χ4n) is 4.83. The fourth-order valence-corrected chi connectivity index (χ4v) is 4.83. The number of para-hydroxylation sites is 1. The van der Waals surface area contributed by atoms with E-state index in [-0.39, 0.29) is 35.3 Å². The van der Waals surface area contributed by atoms with Crippen molar-refractivity contribution in [1.82, 2.24) is 21.3 Å². The van der Waals surface area contributed by atoms with Crippen molar-refractivity contribution < 1.29 is 24.2 Å². The highest BCUT2D eigenvalue weighted by Crippen LogP contribution is 2.33. The molecule has 1 heterocycles. The van der Waals surface area contributed by atoms with Crippen LogP contribution >= 0.6 is 0 Å². The number of nitrogens with one attached hydrogen (secondary N) is 4. The van der Waals surface area contributed by atoms with Crippen LogP contribution in [0.5, 0.6) is 11.5 Å². The molecular weight excluding hydrogens is 496 g/mol. The van der Waals surface area contributed by atoms with Crippen LogP contribution in [-0.2, 0) is 27.2 Å². The first-order chi connectivity index (χ1) is 18.8. The molecule has 1 fully saturated rings. The number of hydrogen-bond acceptors (Lipinski definition) is 6. The number of aryl methyl sites for hydroxylation is 1. The van der Waals surface area contributed by atoms with Gasteiger partial charge in [0.25, 0.3) is 0 Å². The van der Waals surface area contributed by atoms with Gasteiger partial charge in [-0.25, -0.2) is 0 Å². The van der Waals surface area contributed by atoms with Crippen LogP contribution in [0.3, 0.4) is 0 Å². The van der Waals surface area contributed by atoms with E-state index in [1.54, 1.807) is 24.3 Å². The molecule has 5 N–H and O–H groups in total. The lowest BCUT2D eigenvalue weighted by atomic mass is 10.00. The number of fused-ring (bicyclic) bond motifs is 1. The first kappa shape index (κ1) is 28.4. The van der Waals surface area contributed by atoms with Crippen molar-refractivity contribution in [3.8, 4) is 11.5 Å². The van der Waals surface area contributed by atoms with Crippen LogP contribution in [-0.4, -0.2) is 60.6 Å². The van der Waals surface area contributed by atoms with Gasteiger partial charge in [0.2, 0.25) is 17.7 Å². The molecule has 39 heavy (non-hydrogen) atoms. The number of amides is 3. The Morgan fingerprint density at radius 3 is 2.38 bits per heavy atom. The van der Waals surface area contributed by atoms with Crippen LogP contribution in [0.1, 0.15) is 44.2 Å². The van der Waals surface area contributed by atoms with Gasteiger partial charge in [-0.2, -0.15) is 0 Å². The van der Waals surface area contributed by atoms with Crippen LogP contribution in [0, 0.1) is 11.8 Å². The number of benzene rings is 2. The highest BCUT2D eigenvalue weighted by molar-refractivity contribution is 5.93. The van der Waals surface area contributed by atoms with Crippen molar-refractivity contribution in [2.24, 2.45) is 11.8 Å². The second-order valence-corrected chi connectivity index (χ2v) is 10.8. The molecule has 0 bridgehead atoms. The number of hydrogen-bond donors (Lipinski definition) is 5. The smallest absolute Gasteiger partial charge is 0.243 e. The Balaban J connectivity index is 1.56. The van der Waals surface area contributed by atoms with Crippen molar-refractivity contribution in [1.29, 1.82) is 0 Å². The van der Waals surface area contributed by atoms with Gasteiger partial charge in [0.1, 0.15) is 30.2 Å². The number of aromatic hydroxyl groups is 1. The van der Waals surface area contributed by atoms with E-state index in [4.69, 9.17) is 4.74 Å². The first-order valence-corrected chi connectivity index (χ1v) is 13.9. The minimum atomic E-state index is -0.794. The highest BCUT2D eigenvalue weighted by Gasteiger charge is 2.39. The van der Waals surface area contributed by atoms with Crippen molar-refractivity contribution in [3.63, 3.8) is 0 Å². The highest BCUT2D eigenvalue weighted by atomic mass is 16.5. The number of carbonyl (C=O) groups is 3. The molecule has 4 rings (SSSR count). The summed E-state index contributed by atoms with van der Waals surface area (Å²) in [5.41, 5.74) is 1.92. The lowest BCUT2D eigenvalue weighted by Crippen LogP contribution is -2.58. The standard InChI is InChI=1S/C30H40N4O5/c1-19(2)26-30(38)34-27(22-11-12-22)29(37)32-15-5-7-21-6-3-4-8-25(21)39-17-16-31-24(28(36)33-26)18-20-9-13-23(35)14-10-20/h3-4,6,8-10,13-14,19,22,24,26-27,31,35H,5,7,11-12,15-18H2,1-2H3,(H,32,37)(H,33,36)(H,34,38)/t24-,26-,27+/m1/s1. The monoisotopic (exact) mass is 536 g/mol. The zero-order valence-corrected chi connectivity index (χ0v) is 22.7. The number of rotatable bonds is 4. The minimum absolute atomic E-state index is 0.112. The summed E-state index contributed by atoms with van der Waals surface area (Å²) < 4.78 is 6.06. The first-order valence-electron chi connectivity index (χ1n) is 13.9. The molecule has 1 aliphatic heterocycles. The molecule has 1 saturated carbocycles. The van der Waals surface area contributed by atoms with Crippen LogP contribution in [0.4, 0.5) is 0 Å². The average Bonchev–Trinajstić information content (AvgIpc) is 3.76. The van der Waals surface area contributed by atoms with Gasteiger partial charge in [0.15, 0.2) is 0 Å². The summed E-state index contributed by atoms with van der Waals surface area (Å²) in [6, 6.07) is 12.5. The van der Waals surface area contributed by atoms with E-state index in [0.717, 1.165) is 42.6 Å². The second-order valence-electron chi connectivity index (χ2n) is 10.8. The SMILES string of the molecule is CC(C)[C@H]1NC(=O)[C@@H](Cc2ccc(O)cc2)NCCOc2ccccc2CCCNC(=O)[C@H](C2CC2)NC1=O. The van der Waals surface area contributed by atoms with Crippen molar-refractivity contribution in [3.05, 3.63) is 59.7 Å². The van der Waals surface area contributed by atoms with Gasteiger partial charge in [-0.3, -0.25) is 14.4 Å². The summed E-state index contributed by atoms with van der Waals surface area (Å²) in [5.74, 6) is 0.0148. The molecule has 2 aromatic carbocycles. The lowest BCUT2D eigenvalue weighted by Gasteiger charge is -2.27. The minimum Gasteiger partial charge on any atom is -0.508 e. The van der Waals surface area contributed by atoms with Gasteiger partial charge >= 0.3 is 0 Å². The zero-order chi connectivity index (χ0) is 27.8. The van der Waals surface area contributed by atoms with Crippen LogP contribution in [0.15, 0.2) is 48.5 Å². The number of carbonyl (C=O) groups excluding carboxylic acids is 3. The second kappa shape index (κ2) is 13.5.